The van der Waals surface area contributed by atoms with E-state index in [-0.39, 0.29) is 0 Å². The minimum absolute atomic E-state index is 0.932. The topological polar surface area (TPSA) is 6.48 Å². The van der Waals surface area contributed by atoms with Crippen LogP contribution in [0.1, 0.15) is 18.1 Å². The summed E-state index contributed by atoms with van der Waals surface area (Å²) in [5, 5.41) is 0. The minimum atomic E-state index is 0.932. The fourth-order valence-electron chi connectivity index (χ4n) is 2.09. The van der Waals surface area contributed by atoms with Crippen LogP contribution in [-0.4, -0.2) is 40.1 Å². The van der Waals surface area contributed by atoms with Gasteiger partial charge in [0.15, 0.2) is 0 Å². The van der Waals surface area contributed by atoms with E-state index < -0.39 is 0 Å². The summed E-state index contributed by atoms with van der Waals surface area (Å²) in [5.74, 6) is 1.14. The summed E-state index contributed by atoms with van der Waals surface area (Å²) in [6.07, 6.45) is 1.11. The zero-order valence-corrected chi connectivity index (χ0v) is 12.7. The maximum Gasteiger partial charge on any atom is 0.137 e. The molecular weight excluding hydrogens is 260 g/mol. The van der Waals surface area contributed by atoms with E-state index in [0.717, 1.165) is 36.3 Å². The van der Waals surface area contributed by atoms with Crippen LogP contribution >= 0.6 is 24.0 Å². The third-order valence-corrected chi connectivity index (χ3v) is 4.64. The van der Waals surface area contributed by atoms with Gasteiger partial charge in [-0.1, -0.05) is 55.2 Å². The first-order chi connectivity index (χ1) is 8.69. The van der Waals surface area contributed by atoms with Gasteiger partial charge in [0.1, 0.15) is 4.32 Å². The molecule has 1 aliphatic heterocycles. The van der Waals surface area contributed by atoms with Crippen molar-refractivity contribution in [2.45, 2.75) is 19.9 Å². The summed E-state index contributed by atoms with van der Waals surface area (Å²) in [7, 11) is 2.15. The maximum atomic E-state index is 5.32. The first-order valence-corrected chi connectivity index (χ1v) is 7.76. The van der Waals surface area contributed by atoms with Crippen LogP contribution in [0.3, 0.4) is 0 Å². The lowest BCUT2D eigenvalue weighted by molar-refractivity contribution is 0.229. The van der Waals surface area contributed by atoms with E-state index >= 15 is 0 Å². The molecule has 1 saturated heterocycles. The van der Waals surface area contributed by atoms with Crippen molar-refractivity contribution in [1.82, 2.24) is 9.80 Å². The van der Waals surface area contributed by atoms with Crippen LogP contribution < -0.4 is 0 Å². The molecule has 1 heterocycles. The molecule has 18 heavy (non-hydrogen) atoms. The highest BCUT2D eigenvalue weighted by atomic mass is 32.2. The van der Waals surface area contributed by atoms with E-state index in [4.69, 9.17) is 12.2 Å². The zero-order chi connectivity index (χ0) is 13.0. The van der Waals surface area contributed by atoms with Gasteiger partial charge in [-0.25, -0.2) is 0 Å². The summed E-state index contributed by atoms with van der Waals surface area (Å²) in [5.41, 5.74) is 2.77. The molecule has 0 aliphatic carbocycles. The molecule has 0 bridgehead atoms. The summed E-state index contributed by atoms with van der Waals surface area (Å²) in [6.45, 7) is 5.19. The van der Waals surface area contributed by atoms with Gasteiger partial charge in [-0.05, 0) is 24.6 Å². The summed E-state index contributed by atoms with van der Waals surface area (Å²) < 4.78 is 1.04. The van der Waals surface area contributed by atoms with E-state index in [1.54, 1.807) is 11.8 Å². The second kappa shape index (κ2) is 6.55. The van der Waals surface area contributed by atoms with Crippen molar-refractivity contribution in [2.75, 3.05) is 26.0 Å². The van der Waals surface area contributed by atoms with E-state index in [2.05, 4.69) is 48.0 Å². The quantitative estimate of drug-likeness (QED) is 0.765. The van der Waals surface area contributed by atoms with Crippen molar-refractivity contribution in [3.63, 3.8) is 0 Å². The average Bonchev–Trinajstić information content (AvgIpc) is 2.76. The third kappa shape index (κ3) is 3.70. The van der Waals surface area contributed by atoms with Crippen molar-refractivity contribution < 1.29 is 0 Å². The number of hydrogen-bond acceptors (Lipinski definition) is 3. The Morgan fingerprint density at radius 3 is 2.50 bits per heavy atom. The second-order valence-corrected chi connectivity index (χ2v) is 6.43. The van der Waals surface area contributed by atoms with Gasteiger partial charge in [0.05, 0.1) is 6.67 Å². The molecule has 98 valence electrons. The van der Waals surface area contributed by atoms with Crippen LogP contribution in [0.4, 0.5) is 0 Å². The van der Waals surface area contributed by atoms with Crippen molar-refractivity contribution >= 4 is 28.3 Å². The molecule has 0 N–H and O–H groups in total. The Kier molecular flexibility index (Phi) is 5.03. The highest BCUT2D eigenvalue weighted by Crippen LogP contribution is 2.18. The largest absolute Gasteiger partial charge is 0.344 e. The van der Waals surface area contributed by atoms with Gasteiger partial charge in [0, 0.05) is 18.8 Å². The number of hydrogen-bond donors (Lipinski definition) is 0. The molecule has 2 rings (SSSR count). The Hall–Kier alpha value is -0.580. The molecule has 0 saturated carbocycles. The molecule has 0 radical (unpaired) electrons. The van der Waals surface area contributed by atoms with E-state index in [0.29, 0.717) is 0 Å². The molecule has 0 unspecified atom stereocenters. The molecule has 0 atom stereocenters. The Morgan fingerprint density at radius 2 is 1.94 bits per heavy atom. The smallest absolute Gasteiger partial charge is 0.137 e. The SMILES string of the molecule is CCc1ccc(CN(C)CN2CCSC2=S)cc1. The van der Waals surface area contributed by atoms with Gasteiger partial charge in [-0.15, -0.1) is 0 Å². The fourth-order valence-corrected chi connectivity index (χ4v) is 3.30. The first-order valence-electron chi connectivity index (χ1n) is 6.37. The molecule has 0 amide bonds. The number of rotatable bonds is 5. The molecule has 0 aromatic heterocycles. The lowest BCUT2D eigenvalue weighted by Gasteiger charge is -2.24. The van der Waals surface area contributed by atoms with Crippen LogP contribution in [0.25, 0.3) is 0 Å². The Bertz CT molecular complexity index is 403. The highest BCUT2D eigenvalue weighted by Gasteiger charge is 2.18. The average molecular weight is 280 g/mol. The van der Waals surface area contributed by atoms with Gasteiger partial charge in [-0.3, -0.25) is 4.90 Å². The molecule has 2 nitrogen and oxygen atoms in total. The number of aryl methyl sites for hydroxylation is 1. The highest BCUT2D eigenvalue weighted by molar-refractivity contribution is 8.23. The van der Waals surface area contributed by atoms with Gasteiger partial charge in [0.25, 0.3) is 0 Å². The zero-order valence-electron chi connectivity index (χ0n) is 11.1. The fraction of sp³-hybridized carbons (Fsp3) is 0.500. The lowest BCUT2D eigenvalue weighted by atomic mass is 10.1. The molecule has 1 aliphatic rings. The number of thioether (sulfide) groups is 1. The predicted molar refractivity (Wildman–Crippen MR) is 83.9 cm³/mol. The van der Waals surface area contributed by atoms with E-state index in [1.165, 1.54) is 11.1 Å². The van der Waals surface area contributed by atoms with Crippen LogP contribution in [0.5, 0.6) is 0 Å². The summed E-state index contributed by atoms with van der Waals surface area (Å²) in [4.78, 5) is 4.60. The second-order valence-electron chi connectivity index (χ2n) is 4.70. The number of thiocarbonyl (C=S) groups is 1. The maximum absolute atomic E-state index is 5.32. The van der Waals surface area contributed by atoms with Gasteiger partial charge >= 0.3 is 0 Å². The van der Waals surface area contributed by atoms with E-state index in [1.807, 2.05) is 0 Å². The summed E-state index contributed by atoms with van der Waals surface area (Å²) >= 11 is 7.11. The standard InChI is InChI=1S/C14H20N2S2/c1-3-12-4-6-13(7-5-12)10-15(2)11-16-8-9-18-14(16)17/h4-7H,3,8-11H2,1-2H3. The van der Waals surface area contributed by atoms with Gasteiger partial charge in [-0.2, -0.15) is 0 Å². The lowest BCUT2D eigenvalue weighted by Crippen LogP contribution is -2.35. The number of nitrogens with zero attached hydrogens (tertiary/aromatic N) is 2. The predicted octanol–water partition coefficient (Wildman–Crippen LogP) is 2.97. The Labute approximate surface area is 119 Å². The molecule has 4 heteroatoms. The first kappa shape index (κ1) is 13.8. The Morgan fingerprint density at radius 1 is 1.28 bits per heavy atom. The minimum Gasteiger partial charge on any atom is -0.344 e. The van der Waals surface area contributed by atoms with E-state index in [9.17, 15) is 0 Å². The summed E-state index contributed by atoms with van der Waals surface area (Å²) in [6, 6.07) is 8.90. The van der Waals surface area contributed by atoms with Gasteiger partial charge < -0.3 is 4.90 Å². The van der Waals surface area contributed by atoms with Crippen LogP contribution in [0, 0.1) is 0 Å². The normalized spacial score (nSPS) is 15.7. The molecule has 1 fully saturated rings. The number of benzene rings is 1. The van der Waals surface area contributed by atoms with Crippen molar-refractivity contribution in [3.05, 3.63) is 35.4 Å². The van der Waals surface area contributed by atoms with Crippen molar-refractivity contribution in [3.8, 4) is 0 Å². The Balaban J connectivity index is 1.86. The molecular formula is C14H20N2S2. The van der Waals surface area contributed by atoms with Crippen LogP contribution in [-0.2, 0) is 13.0 Å². The molecule has 0 spiro atoms. The monoisotopic (exact) mass is 280 g/mol. The van der Waals surface area contributed by atoms with Crippen LogP contribution in [0.15, 0.2) is 24.3 Å². The molecule has 1 aromatic carbocycles. The third-order valence-electron chi connectivity index (χ3n) is 3.14. The molecule has 1 aromatic rings. The van der Waals surface area contributed by atoms with Gasteiger partial charge in [0.2, 0.25) is 0 Å². The van der Waals surface area contributed by atoms with Crippen LogP contribution in [0.2, 0.25) is 0 Å². The van der Waals surface area contributed by atoms with Crippen molar-refractivity contribution in [2.24, 2.45) is 0 Å². The van der Waals surface area contributed by atoms with Crippen molar-refractivity contribution in [1.29, 1.82) is 0 Å².